The lowest BCUT2D eigenvalue weighted by Crippen LogP contribution is -2.28. The number of amides is 2. The fraction of sp³-hybridized carbons (Fsp3) is 0.286. The fourth-order valence-electron chi connectivity index (χ4n) is 1.90. The summed E-state index contributed by atoms with van der Waals surface area (Å²) in [6.45, 7) is 2.87. The number of anilines is 1. The van der Waals surface area contributed by atoms with Gasteiger partial charge >= 0.3 is 6.03 Å². The number of hydrogen-bond acceptors (Lipinski definition) is 4. The first-order valence-corrected chi connectivity index (χ1v) is 8.52. The Bertz CT molecular complexity index is 785. The van der Waals surface area contributed by atoms with Crippen LogP contribution >= 0.6 is 0 Å². The number of rotatable bonds is 6. The van der Waals surface area contributed by atoms with Crippen LogP contribution in [0.3, 0.4) is 0 Å². The van der Waals surface area contributed by atoms with Crippen LogP contribution in [0.4, 0.5) is 10.5 Å². The highest BCUT2D eigenvalue weighted by Gasteiger charge is 2.11. The number of benzene rings is 1. The van der Waals surface area contributed by atoms with Gasteiger partial charge in [-0.05, 0) is 31.7 Å². The topological polar surface area (TPSA) is 105 Å². The number of aryl methyl sites for hydroxylation is 1. The monoisotopic (exact) mass is 337 g/mol. The molecule has 0 aliphatic heterocycles. The minimum atomic E-state index is -3.50. The summed E-state index contributed by atoms with van der Waals surface area (Å²) >= 11 is 0. The van der Waals surface area contributed by atoms with Crippen molar-refractivity contribution >= 4 is 21.7 Å². The van der Waals surface area contributed by atoms with Crippen LogP contribution in [0.25, 0.3) is 0 Å². The van der Waals surface area contributed by atoms with Crippen LogP contribution in [0.15, 0.2) is 41.6 Å². The molecule has 2 aromatic rings. The Kier molecular flexibility index (Phi) is 5.35. The standard InChI is InChI=1S/C14H19N5O3S/c1-3-19-10-12(9-17-19)18-14(20)16-8-11-5-4-6-13(7-11)23(21,22)15-2/h4-7,9-10,15H,3,8H2,1-2H3,(H2,16,18,20). The average Bonchev–Trinajstić information content (AvgIpc) is 3.01. The Labute approximate surface area is 134 Å². The van der Waals surface area contributed by atoms with Crippen molar-refractivity contribution in [3.63, 3.8) is 0 Å². The zero-order valence-corrected chi connectivity index (χ0v) is 13.7. The summed E-state index contributed by atoms with van der Waals surface area (Å²) in [5, 5.41) is 9.38. The van der Waals surface area contributed by atoms with Gasteiger partial charge in [0.1, 0.15) is 0 Å². The summed E-state index contributed by atoms with van der Waals surface area (Å²) in [6.07, 6.45) is 3.28. The van der Waals surface area contributed by atoms with Crippen molar-refractivity contribution in [3.8, 4) is 0 Å². The van der Waals surface area contributed by atoms with Crippen LogP contribution in [0.2, 0.25) is 0 Å². The van der Waals surface area contributed by atoms with Crippen molar-refractivity contribution in [1.82, 2.24) is 19.8 Å². The number of carbonyl (C=O) groups is 1. The van der Waals surface area contributed by atoms with Crippen LogP contribution in [0, 0.1) is 0 Å². The Balaban J connectivity index is 1.95. The van der Waals surface area contributed by atoms with Crippen molar-refractivity contribution in [2.75, 3.05) is 12.4 Å². The van der Waals surface area contributed by atoms with E-state index in [9.17, 15) is 13.2 Å². The van der Waals surface area contributed by atoms with Crippen LogP contribution in [0.1, 0.15) is 12.5 Å². The Morgan fingerprint density at radius 1 is 1.35 bits per heavy atom. The number of sulfonamides is 1. The summed E-state index contributed by atoms with van der Waals surface area (Å²) in [5.41, 5.74) is 1.27. The van der Waals surface area contributed by atoms with Crippen LogP contribution in [0.5, 0.6) is 0 Å². The van der Waals surface area contributed by atoms with Gasteiger partial charge in [-0.25, -0.2) is 17.9 Å². The molecule has 9 heteroatoms. The average molecular weight is 337 g/mol. The summed E-state index contributed by atoms with van der Waals surface area (Å²) < 4.78 is 27.4. The molecular formula is C14H19N5O3S. The highest BCUT2D eigenvalue weighted by Crippen LogP contribution is 2.11. The van der Waals surface area contributed by atoms with Crippen molar-refractivity contribution < 1.29 is 13.2 Å². The zero-order chi connectivity index (χ0) is 16.9. The molecule has 1 heterocycles. The van der Waals surface area contributed by atoms with Gasteiger partial charge in [-0.3, -0.25) is 4.68 Å². The van der Waals surface area contributed by atoms with E-state index in [1.54, 1.807) is 29.2 Å². The van der Waals surface area contributed by atoms with Gasteiger partial charge in [0.15, 0.2) is 0 Å². The number of aromatic nitrogens is 2. The van der Waals surface area contributed by atoms with Gasteiger partial charge in [-0.1, -0.05) is 12.1 Å². The number of urea groups is 1. The maximum atomic E-state index is 11.8. The lowest BCUT2D eigenvalue weighted by molar-refractivity contribution is 0.251. The molecule has 2 amide bonds. The van der Waals surface area contributed by atoms with Crippen molar-refractivity contribution in [1.29, 1.82) is 0 Å². The normalized spacial score (nSPS) is 11.2. The molecule has 0 spiro atoms. The van der Waals surface area contributed by atoms with E-state index in [4.69, 9.17) is 0 Å². The summed E-state index contributed by atoms with van der Waals surface area (Å²) in [7, 11) is -2.15. The minimum Gasteiger partial charge on any atom is -0.334 e. The predicted octanol–water partition coefficient (Wildman–Crippen LogP) is 1.13. The summed E-state index contributed by atoms with van der Waals surface area (Å²) in [6, 6.07) is 5.99. The number of carbonyl (C=O) groups excluding carboxylic acids is 1. The third-order valence-electron chi connectivity index (χ3n) is 3.15. The molecule has 0 fully saturated rings. The number of hydrogen-bond donors (Lipinski definition) is 3. The summed E-state index contributed by atoms with van der Waals surface area (Å²) in [4.78, 5) is 12.0. The van der Waals surface area contributed by atoms with Gasteiger partial charge in [0.2, 0.25) is 10.0 Å². The molecule has 0 unspecified atom stereocenters. The molecule has 8 nitrogen and oxygen atoms in total. The molecule has 1 aromatic carbocycles. The van der Waals surface area contributed by atoms with Gasteiger partial charge in [0.05, 0.1) is 16.8 Å². The molecule has 124 valence electrons. The molecule has 1 aromatic heterocycles. The third kappa shape index (κ3) is 4.54. The first-order valence-electron chi connectivity index (χ1n) is 7.04. The highest BCUT2D eigenvalue weighted by atomic mass is 32.2. The second kappa shape index (κ2) is 7.25. The minimum absolute atomic E-state index is 0.156. The van der Waals surface area contributed by atoms with Crippen molar-refractivity contribution in [3.05, 3.63) is 42.2 Å². The molecule has 3 N–H and O–H groups in total. The van der Waals surface area contributed by atoms with E-state index in [1.807, 2.05) is 6.92 Å². The van der Waals surface area contributed by atoms with Gasteiger partial charge < -0.3 is 10.6 Å². The van der Waals surface area contributed by atoms with Gasteiger partial charge in [0, 0.05) is 19.3 Å². The lowest BCUT2D eigenvalue weighted by atomic mass is 10.2. The second-order valence-corrected chi connectivity index (χ2v) is 6.63. The first-order chi connectivity index (χ1) is 10.9. The quantitative estimate of drug-likeness (QED) is 0.735. The highest BCUT2D eigenvalue weighted by molar-refractivity contribution is 7.89. The number of nitrogens with one attached hydrogen (secondary N) is 3. The van der Waals surface area contributed by atoms with E-state index < -0.39 is 10.0 Å². The van der Waals surface area contributed by atoms with E-state index in [0.717, 1.165) is 6.54 Å². The van der Waals surface area contributed by atoms with Gasteiger partial charge in [-0.2, -0.15) is 5.10 Å². The molecular weight excluding hydrogens is 318 g/mol. The van der Waals surface area contributed by atoms with E-state index in [0.29, 0.717) is 11.3 Å². The maximum Gasteiger partial charge on any atom is 0.319 e. The summed E-state index contributed by atoms with van der Waals surface area (Å²) in [5.74, 6) is 0. The van der Waals surface area contributed by atoms with Crippen molar-refractivity contribution in [2.24, 2.45) is 0 Å². The van der Waals surface area contributed by atoms with Gasteiger partial charge in [0.25, 0.3) is 0 Å². The predicted molar refractivity (Wildman–Crippen MR) is 86.4 cm³/mol. The molecule has 0 saturated heterocycles. The largest absolute Gasteiger partial charge is 0.334 e. The van der Waals surface area contributed by atoms with Gasteiger partial charge in [-0.15, -0.1) is 0 Å². The molecule has 0 aliphatic carbocycles. The molecule has 0 atom stereocenters. The van der Waals surface area contributed by atoms with E-state index >= 15 is 0 Å². The zero-order valence-electron chi connectivity index (χ0n) is 12.9. The van der Waals surface area contributed by atoms with Crippen LogP contribution in [-0.4, -0.2) is 31.3 Å². The Hall–Kier alpha value is -2.39. The molecule has 0 radical (unpaired) electrons. The van der Waals surface area contributed by atoms with E-state index in [-0.39, 0.29) is 17.5 Å². The molecule has 0 aliphatic rings. The fourth-order valence-corrected chi connectivity index (χ4v) is 2.70. The maximum absolute atomic E-state index is 11.8. The molecule has 2 rings (SSSR count). The SMILES string of the molecule is CCn1cc(NC(=O)NCc2cccc(S(=O)(=O)NC)c2)cn1. The Morgan fingerprint density at radius 2 is 2.13 bits per heavy atom. The Morgan fingerprint density at radius 3 is 2.78 bits per heavy atom. The van der Waals surface area contributed by atoms with E-state index in [1.165, 1.54) is 19.2 Å². The van der Waals surface area contributed by atoms with E-state index in [2.05, 4.69) is 20.5 Å². The lowest BCUT2D eigenvalue weighted by Gasteiger charge is -2.08. The molecule has 0 bridgehead atoms. The second-order valence-electron chi connectivity index (χ2n) is 4.75. The molecule has 0 saturated carbocycles. The third-order valence-corrected chi connectivity index (χ3v) is 4.56. The smallest absolute Gasteiger partial charge is 0.319 e. The first kappa shape index (κ1) is 17.0. The van der Waals surface area contributed by atoms with Crippen LogP contribution in [-0.2, 0) is 23.1 Å². The van der Waals surface area contributed by atoms with Crippen LogP contribution < -0.4 is 15.4 Å². The molecule has 23 heavy (non-hydrogen) atoms. The number of nitrogens with zero attached hydrogens (tertiary/aromatic N) is 2. The van der Waals surface area contributed by atoms with Crippen molar-refractivity contribution in [2.45, 2.75) is 24.9 Å².